The molecule has 0 radical (unpaired) electrons. The largest absolute Gasteiger partial charge is 0.458 e. The highest BCUT2D eigenvalue weighted by atomic mass is 16.6. The third-order valence-corrected chi connectivity index (χ3v) is 10.4. The summed E-state index contributed by atoms with van der Waals surface area (Å²) in [5.41, 5.74) is 10.9. The van der Waals surface area contributed by atoms with Crippen LogP contribution >= 0.6 is 0 Å². The lowest BCUT2D eigenvalue weighted by Gasteiger charge is -2.18. The van der Waals surface area contributed by atoms with Gasteiger partial charge in [0.25, 0.3) is 0 Å². The van der Waals surface area contributed by atoms with Gasteiger partial charge in [-0.1, -0.05) is 88.4 Å². The average Bonchev–Trinajstić information content (AvgIpc) is 3.83. The predicted octanol–water partition coefficient (Wildman–Crippen LogP) is 9.34. The van der Waals surface area contributed by atoms with Gasteiger partial charge in [-0.05, 0) is 72.9 Å². The molecule has 5 rings (SSSR count). The zero-order valence-corrected chi connectivity index (χ0v) is 34.4. The molecule has 0 spiro atoms. The molecule has 2 unspecified atom stereocenters. The van der Waals surface area contributed by atoms with E-state index in [0.717, 1.165) is 69.0 Å². The first-order valence-corrected chi connectivity index (χ1v) is 19.8. The van der Waals surface area contributed by atoms with Gasteiger partial charge in [-0.2, -0.15) is 0 Å². The van der Waals surface area contributed by atoms with Crippen molar-refractivity contribution in [3.05, 3.63) is 139 Å². The van der Waals surface area contributed by atoms with Crippen LogP contribution in [0.5, 0.6) is 0 Å². The van der Waals surface area contributed by atoms with Gasteiger partial charge in [0, 0.05) is 60.6 Å². The van der Waals surface area contributed by atoms with Crippen LogP contribution in [0.3, 0.4) is 0 Å². The van der Waals surface area contributed by atoms with Crippen molar-refractivity contribution in [2.75, 3.05) is 0 Å². The highest BCUT2D eigenvalue weighted by Crippen LogP contribution is 2.36. The molecule has 2 aromatic carbocycles. The van der Waals surface area contributed by atoms with Crippen LogP contribution in [0.4, 0.5) is 0 Å². The maximum absolute atomic E-state index is 13.6. The van der Waals surface area contributed by atoms with E-state index in [1.165, 1.54) is 13.8 Å². The van der Waals surface area contributed by atoms with Crippen LogP contribution in [0.15, 0.2) is 60.7 Å². The van der Waals surface area contributed by atoms with Crippen LogP contribution in [0.2, 0.25) is 0 Å². The fourth-order valence-electron chi connectivity index (χ4n) is 7.79. The molecule has 3 N–H and O–H groups in total. The number of rotatable bonds is 18. The van der Waals surface area contributed by atoms with E-state index in [9.17, 15) is 19.2 Å². The molecule has 0 aliphatic carbocycles. The van der Waals surface area contributed by atoms with Gasteiger partial charge in [0.1, 0.15) is 36.8 Å². The zero-order chi connectivity index (χ0) is 41.2. The van der Waals surface area contributed by atoms with Gasteiger partial charge in [-0.25, -0.2) is 9.59 Å². The summed E-state index contributed by atoms with van der Waals surface area (Å²) < 4.78 is 23.1. The summed E-state index contributed by atoms with van der Waals surface area (Å²) in [5.74, 6) is -1.81. The second-order valence-corrected chi connectivity index (χ2v) is 14.3. The molecular formula is C46H55N3O8. The number of carbonyl (C=O) groups excluding carboxylic acids is 4. The Hall–Kier alpha value is -5.84. The quantitative estimate of drug-likeness (QED) is 0.0588. The van der Waals surface area contributed by atoms with Crippen LogP contribution < -0.4 is 0 Å². The molecule has 3 aromatic heterocycles. The summed E-state index contributed by atoms with van der Waals surface area (Å²) in [4.78, 5) is 62.1. The second kappa shape index (κ2) is 19.3. The molecule has 0 saturated heterocycles. The molecule has 3 heterocycles. The van der Waals surface area contributed by atoms with Gasteiger partial charge in [0.15, 0.2) is 0 Å². The Morgan fingerprint density at radius 1 is 0.544 bits per heavy atom. The second-order valence-electron chi connectivity index (χ2n) is 14.3. The molecule has 0 aliphatic heterocycles. The third kappa shape index (κ3) is 9.94. The molecule has 2 atom stereocenters. The Bertz CT molecular complexity index is 2020. The number of benzene rings is 2. The van der Waals surface area contributed by atoms with Crippen molar-refractivity contribution in [2.24, 2.45) is 0 Å². The minimum Gasteiger partial charge on any atom is -0.458 e. The van der Waals surface area contributed by atoms with E-state index in [4.69, 9.17) is 18.9 Å². The van der Waals surface area contributed by atoms with Gasteiger partial charge >= 0.3 is 23.9 Å². The van der Waals surface area contributed by atoms with Gasteiger partial charge in [0.05, 0.1) is 0 Å². The number of aromatic nitrogens is 3. The van der Waals surface area contributed by atoms with Crippen molar-refractivity contribution in [2.45, 2.75) is 119 Å². The fourth-order valence-corrected chi connectivity index (χ4v) is 7.79. The summed E-state index contributed by atoms with van der Waals surface area (Å²) >= 11 is 0. The number of hydrogen-bond acceptors (Lipinski definition) is 8. The maximum atomic E-state index is 13.6. The Morgan fingerprint density at radius 2 is 0.912 bits per heavy atom. The first-order chi connectivity index (χ1) is 27.4. The molecule has 0 fully saturated rings. The van der Waals surface area contributed by atoms with Crippen molar-refractivity contribution in [3.8, 4) is 0 Å². The standard InChI is InChI=1S/C46H55N3O8/c1-9-33-34(10-2)36(24-38-42(40(12-4)57-30(8)51)28(6)44(49-38)46(53)55-26-32-21-17-14-18-22-32)47-35(33)23-37-41(39(11-3)56-29(7)50)27(5)43(48-37)45(52)54-25-31-19-15-13-16-20-31/h13-22,39-40,47-49H,9-12,23-26H2,1-8H3. The lowest BCUT2D eigenvalue weighted by molar-refractivity contribution is -0.147. The Balaban J connectivity index is 1.54. The fraction of sp³-hybridized carbons (Fsp3) is 0.391. The Kier molecular flexibility index (Phi) is 14.4. The minimum absolute atomic E-state index is 0.118. The number of ether oxygens (including phenoxy) is 4. The third-order valence-electron chi connectivity index (χ3n) is 10.4. The van der Waals surface area contributed by atoms with Crippen LogP contribution in [0, 0.1) is 13.8 Å². The van der Waals surface area contributed by atoms with E-state index in [2.05, 4.69) is 28.8 Å². The normalized spacial score (nSPS) is 12.2. The van der Waals surface area contributed by atoms with E-state index in [1.54, 1.807) is 0 Å². The number of esters is 4. The van der Waals surface area contributed by atoms with Crippen LogP contribution in [-0.2, 0) is 67.4 Å². The predicted molar refractivity (Wildman–Crippen MR) is 217 cm³/mol. The monoisotopic (exact) mass is 777 g/mol. The van der Waals surface area contributed by atoms with Crippen molar-refractivity contribution in [1.82, 2.24) is 15.0 Å². The average molecular weight is 778 g/mol. The van der Waals surface area contributed by atoms with Gasteiger partial charge in [-0.3, -0.25) is 9.59 Å². The summed E-state index contributed by atoms with van der Waals surface area (Å²) in [5, 5.41) is 0. The van der Waals surface area contributed by atoms with E-state index in [1.807, 2.05) is 88.4 Å². The Labute approximate surface area is 334 Å². The molecule has 11 heteroatoms. The van der Waals surface area contributed by atoms with Gasteiger partial charge in [-0.15, -0.1) is 0 Å². The highest BCUT2D eigenvalue weighted by Gasteiger charge is 2.30. The first-order valence-electron chi connectivity index (χ1n) is 19.8. The highest BCUT2D eigenvalue weighted by molar-refractivity contribution is 5.90. The molecule has 0 aliphatic rings. The molecule has 5 aromatic rings. The van der Waals surface area contributed by atoms with E-state index < -0.39 is 36.1 Å². The minimum atomic E-state index is -0.577. The molecule has 0 bridgehead atoms. The smallest absolute Gasteiger partial charge is 0.355 e. The summed E-state index contributed by atoms with van der Waals surface area (Å²) in [6.07, 6.45) is 2.12. The van der Waals surface area contributed by atoms with E-state index in [-0.39, 0.29) is 13.2 Å². The summed E-state index contributed by atoms with van der Waals surface area (Å²) in [6, 6.07) is 19.0. The van der Waals surface area contributed by atoms with Crippen molar-refractivity contribution >= 4 is 23.9 Å². The molecule has 11 nitrogen and oxygen atoms in total. The van der Waals surface area contributed by atoms with Crippen molar-refractivity contribution in [1.29, 1.82) is 0 Å². The molecule has 0 saturated carbocycles. The maximum Gasteiger partial charge on any atom is 0.355 e. The molecular weight excluding hydrogens is 723 g/mol. The SMILES string of the molecule is CCc1c(Cc2[nH]c(C(=O)OCc3ccccc3)c(C)c2C(CC)OC(C)=O)[nH]c(Cc2[nH]c(C(=O)OCc3ccccc3)c(C)c2C(CC)OC(C)=O)c1CC. The number of H-pyrrole nitrogens is 3. The molecule has 0 amide bonds. The number of nitrogens with one attached hydrogen (secondary N) is 3. The van der Waals surface area contributed by atoms with Crippen LogP contribution in [-0.4, -0.2) is 38.8 Å². The van der Waals surface area contributed by atoms with E-state index >= 15 is 0 Å². The van der Waals surface area contributed by atoms with Crippen LogP contribution in [0.25, 0.3) is 0 Å². The Morgan fingerprint density at radius 3 is 1.23 bits per heavy atom. The van der Waals surface area contributed by atoms with Gasteiger partial charge < -0.3 is 33.9 Å². The zero-order valence-electron chi connectivity index (χ0n) is 34.4. The number of carbonyl (C=O) groups is 4. The number of hydrogen-bond donors (Lipinski definition) is 3. The summed E-state index contributed by atoms with van der Waals surface area (Å²) in [7, 11) is 0. The van der Waals surface area contributed by atoms with Crippen molar-refractivity contribution < 1.29 is 38.1 Å². The summed E-state index contributed by atoms with van der Waals surface area (Å²) in [6.45, 7) is 14.8. The van der Waals surface area contributed by atoms with Crippen LogP contribution in [0.1, 0.15) is 155 Å². The van der Waals surface area contributed by atoms with E-state index in [0.29, 0.717) is 48.2 Å². The topological polar surface area (TPSA) is 153 Å². The molecule has 302 valence electrons. The lowest BCUT2D eigenvalue weighted by Crippen LogP contribution is -2.11. The van der Waals surface area contributed by atoms with Crippen molar-refractivity contribution in [3.63, 3.8) is 0 Å². The van der Waals surface area contributed by atoms with Gasteiger partial charge in [0.2, 0.25) is 0 Å². The first kappa shape index (κ1) is 42.3. The number of aromatic amines is 3. The molecule has 57 heavy (non-hydrogen) atoms. The lowest BCUT2D eigenvalue weighted by atomic mass is 9.95.